The molecule has 2 bridgehead atoms. The fraction of sp³-hybridized carbons (Fsp3) is 0.156. The molecule has 0 aromatic heterocycles. The Morgan fingerprint density at radius 2 is 1.24 bits per heavy atom. The van der Waals surface area contributed by atoms with E-state index in [1.807, 2.05) is 24.3 Å². The fourth-order valence-electron chi connectivity index (χ4n) is 6.67. The Kier molecular flexibility index (Phi) is 4.98. The smallest absolute Gasteiger partial charge is 0.257 e. The van der Waals surface area contributed by atoms with E-state index in [1.54, 1.807) is 55.6 Å². The molecule has 2 atom stereocenters. The van der Waals surface area contributed by atoms with Crippen LogP contribution in [0.5, 0.6) is 5.75 Å². The minimum atomic E-state index is -0.508. The summed E-state index contributed by atoms with van der Waals surface area (Å²) in [6.45, 7) is 0. The molecule has 4 aromatic carbocycles. The van der Waals surface area contributed by atoms with Gasteiger partial charge >= 0.3 is 0 Å². The molecule has 0 unspecified atom stereocenters. The maximum absolute atomic E-state index is 14.1. The third-order valence-corrected chi connectivity index (χ3v) is 8.17. The number of methoxy groups -OCH3 is 1. The van der Waals surface area contributed by atoms with Crippen LogP contribution in [-0.2, 0) is 9.59 Å². The number of imide groups is 1. The average molecular weight is 501 g/mol. The van der Waals surface area contributed by atoms with E-state index in [2.05, 4.69) is 29.6 Å². The first-order valence-corrected chi connectivity index (χ1v) is 12.7. The average Bonchev–Trinajstić information content (AvgIpc) is 3.23. The van der Waals surface area contributed by atoms with E-state index in [0.29, 0.717) is 17.1 Å². The van der Waals surface area contributed by atoms with Gasteiger partial charge in [-0.3, -0.25) is 14.4 Å². The summed E-state index contributed by atoms with van der Waals surface area (Å²) in [6, 6.07) is 30.1. The number of nitrogens with zero attached hydrogens (tertiary/aromatic N) is 1. The summed E-state index contributed by atoms with van der Waals surface area (Å²) < 4.78 is 5.26. The molecule has 0 saturated carbocycles. The molecule has 3 amide bonds. The van der Waals surface area contributed by atoms with Crippen LogP contribution in [0.1, 0.15) is 44.4 Å². The van der Waals surface area contributed by atoms with Gasteiger partial charge in [0.2, 0.25) is 11.8 Å². The number of amides is 3. The van der Waals surface area contributed by atoms with Crippen LogP contribution in [0.3, 0.4) is 0 Å². The maximum atomic E-state index is 14.1. The van der Waals surface area contributed by atoms with E-state index in [9.17, 15) is 14.4 Å². The lowest BCUT2D eigenvalue weighted by Gasteiger charge is -2.45. The van der Waals surface area contributed by atoms with E-state index in [4.69, 9.17) is 4.74 Å². The van der Waals surface area contributed by atoms with Crippen LogP contribution in [-0.4, -0.2) is 24.8 Å². The summed E-state index contributed by atoms with van der Waals surface area (Å²) in [5, 5.41) is 2.88. The van der Waals surface area contributed by atoms with Gasteiger partial charge in [-0.15, -0.1) is 0 Å². The topological polar surface area (TPSA) is 75.7 Å². The lowest BCUT2D eigenvalue weighted by molar-refractivity contribution is -0.122. The Morgan fingerprint density at radius 3 is 1.79 bits per heavy atom. The summed E-state index contributed by atoms with van der Waals surface area (Å²) in [5.74, 6) is -1.70. The quantitative estimate of drug-likeness (QED) is 0.384. The first kappa shape index (κ1) is 22.5. The number of ether oxygens (including phenoxy) is 1. The number of rotatable bonds is 4. The van der Waals surface area contributed by atoms with Gasteiger partial charge in [0.15, 0.2) is 0 Å². The molecule has 1 heterocycles. The second kappa shape index (κ2) is 8.42. The number of carbonyl (C=O) groups excluding carboxylic acids is 3. The molecule has 1 saturated heterocycles. The molecule has 186 valence electrons. The second-order valence-corrected chi connectivity index (χ2v) is 9.98. The summed E-state index contributed by atoms with van der Waals surface area (Å²) in [4.78, 5) is 42.9. The van der Waals surface area contributed by atoms with Crippen LogP contribution in [0, 0.1) is 11.8 Å². The minimum absolute atomic E-state index is 0.198. The van der Waals surface area contributed by atoms with Crippen molar-refractivity contribution >= 4 is 29.1 Å². The van der Waals surface area contributed by atoms with Crippen LogP contribution in [0.4, 0.5) is 11.4 Å². The summed E-state index contributed by atoms with van der Waals surface area (Å²) in [6.07, 6.45) is 0. The van der Waals surface area contributed by atoms with Crippen molar-refractivity contribution in [3.63, 3.8) is 0 Å². The first-order valence-electron chi connectivity index (χ1n) is 12.7. The molecule has 8 rings (SSSR count). The van der Waals surface area contributed by atoms with Crippen LogP contribution >= 0.6 is 0 Å². The minimum Gasteiger partial charge on any atom is -0.497 e. The number of benzene rings is 4. The number of anilines is 2. The van der Waals surface area contributed by atoms with E-state index >= 15 is 0 Å². The highest BCUT2D eigenvalue weighted by Crippen LogP contribution is 2.61. The van der Waals surface area contributed by atoms with Crippen molar-refractivity contribution in [3.05, 3.63) is 125 Å². The Bertz CT molecular complexity index is 1530. The number of hydrogen-bond donors (Lipinski definition) is 1. The van der Waals surface area contributed by atoms with Gasteiger partial charge in [0, 0.05) is 23.6 Å². The highest BCUT2D eigenvalue weighted by atomic mass is 16.5. The normalized spacial score (nSPS) is 22.5. The monoisotopic (exact) mass is 500 g/mol. The largest absolute Gasteiger partial charge is 0.497 e. The standard InChI is InChI=1S/C32H24N2O4/c1-38-19-10-8-9-18(17-19)33-30(35)24-15-6-7-16-25(24)34-31(36)28-26-20-11-2-3-12-21(20)27(29(28)32(34)37)23-14-5-4-13-22(23)26/h2-17,26-29H,1H3,(H,33,35)/t26?,27?,28-,29-/m1/s1. The van der Waals surface area contributed by atoms with Crippen molar-refractivity contribution in [2.75, 3.05) is 17.3 Å². The van der Waals surface area contributed by atoms with E-state index in [1.165, 1.54) is 4.90 Å². The molecule has 3 aliphatic carbocycles. The van der Waals surface area contributed by atoms with Crippen molar-refractivity contribution < 1.29 is 19.1 Å². The fourth-order valence-corrected chi connectivity index (χ4v) is 6.67. The van der Waals surface area contributed by atoms with Crippen molar-refractivity contribution in [2.45, 2.75) is 11.8 Å². The highest BCUT2D eigenvalue weighted by molar-refractivity contribution is 6.26. The molecular formula is C32H24N2O4. The Hall–Kier alpha value is -4.71. The van der Waals surface area contributed by atoms with Crippen LogP contribution in [0.25, 0.3) is 0 Å². The van der Waals surface area contributed by atoms with Crippen LogP contribution in [0.15, 0.2) is 97.1 Å². The lowest BCUT2D eigenvalue weighted by Crippen LogP contribution is -2.41. The van der Waals surface area contributed by atoms with Crippen LogP contribution < -0.4 is 15.0 Å². The van der Waals surface area contributed by atoms with Gasteiger partial charge < -0.3 is 10.1 Å². The van der Waals surface area contributed by atoms with Crippen molar-refractivity contribution in [1.82, 2.24) is 0 Å². The third-order valence-electron chi connectivity index (χ3n) is 8.17. The molecule has 38 heavy (non-hydrogen) atoms. The Labute approximate surface area is 219 Å². The summed E-state index contributed by atoms with van der Waals surface area (Å²) >= 11 is 0. The molecule has 1 N–H and O–H groups in total. The van der Waals surface area contributed by atoms with Gasteiger partial charge in [0.1, 0.15) is 5.75 Å². The Balaban J connectivity index is 1.30. The number of para-hydroxylation sites is 1. The second-order valence-electron chi connectivity index (χ2n) is 9.98. The van der Waals surface area contributed by atoms with E-state index < -0.39 is 17.7 Å². The highest BCUT2D eigenvalue weighted by Gasteiger charge is 2.62. The van der Waals surface area contributed by atoms with Gasteiger partial charge in [0.05, 0.1) is 30.2 Å². The van der Waals surface area contributed by atoms with Crippen molar-refractivity contribution in [2.24, 2.45) is 11.8 Å². The molecular weight excluding hydrogens is 476 g/mol. The number of carbonyl (C=O) groups is 3. The lowest BCUT2D eigenvalue weighted by atomic mass is 9.55. The zero-order chi connectivity index (χ0) is 26.0. The number of nitrogens with one attached hydrogen (secondary N) is 1. The molecule has 1 aliphatic heterocycles. The molecule has 1 fully saturated rings. The zero-order valence-corrected chi connectivity index (χ0v) is 20.6. The SMILES string of the molecule is COc1cccc(NC(=O)c2ccccc2N2C(=O)[C@@H]3C4c5ccccc5C(c5ccccc54)[C@H]3C2=O)c1. The van der Waals surface area contributed by atoms with Gasteiger partial charge in [-0.25, -0.2) is 4.90 Å². The predicted molar refractivity (Wildman–Crippen MR) is 143 cm³/mol. The molecule has 4 aromatic rings. The van der Waals surface area contributed by atoms with E-state index in [0.717, 1.165) is 22.3 Å². The Morgan fingerprint density at radius 1 is 0.711 bits per heavy atom. The summed E-state index contributed by atoms with van der Waals surface area (Å²) in [7, 11) is 1.56. The predicted octanol–water partition coefficient (Wildman–Crippen LogP) is 5.34. The first-order chi connectivity index (χ1) is 18.6. The number of hydrogen-bond acceptors (Lipinski definition) is 4. The van der Waals surface area contributed by atoms with Crippen molar-refractivity contribution in [1.29, 1.82) is 0 Å². The van der Waals surface area contributed by atoms with Gasteiger partial charge in [-0.1, -0.05) is 66.7 Å². The zero-order valence-electron chi connectivity index (χ0n) is 20.6. The molecule has 6 nitrogen and oxygen atoms in total. The van der Waals surface area contributed by atoms with Gasteiger partial charge in [0.25, 0.3) is 5.91 Å². The molecule has 0 radical (unpaired) electrons. The third kappa shape index (κ3) is 3.10. The van der Waals surface area contributed by atoms with Gasteiger partial charge in [-0.05, 0) is 46.5 Å². The summed E-state index contributed by atoms with van der Waals surface area (Å²) in [5.41, 5.74) is 5.59. The van der Waals surface area contributed by atoms with Gasteiger partial charge in [-0.2, -0.15) is 0 Å². The van der Waals surface area contributed by atoms with Crippen LogP contribution in [0.2, 0.25) is 0 Å². The maximum Gasteiger partial charge on any atom is 0.257 e. The molecule has 0 spiro atoms. The van der Waals surface area contributed by atoms with E-state index in [-0.39, 0.29) is 29.2 Å². The van der Waals surface area contributed by atoms with Crippen molar-refractivity contribution in [3.8, 4) is 5.75 Å². The molecule has 4 aliphatic rings. The molecule has 6 heteroatoms.